The van der Waals surface area contributed by atoms with Gasteiger partial charge in [0.15, 0.2) is 0 Å². The van der Waals surface area contributed by atoms with Crippen LogP contribution in [0.25, 0.3) is 0 Å². The molecule has 0 aromatic heterocycles. The zero-order chi connectivity index (χ0) is 21.8. The van der Waals surface area contributed by atoms with Crippen molar-refractivity contribution in [1.82, 2.24) is 0 Å². The fraction of sp³-hybridized carbons (Fsp3) is 0.160. The highest BCUT2D eigenvalue weighted by atomic mass is 16.2. The van der Waals surface area contributed by atoms with Gasteiger partial charge in [-0.15, -0.1) is 0 Å². The highest BCUT2D eigenvalue weighted by Gasteiger charge is 2.21. The van der Waals surface area contributed by atoms with Gasteiger partial charge in [-0.1, -0.05) is 24.3 Å². The van der Waals surface area contributed by atoms with Crippen LogP contribution in [0.1, 0.15) is 39.1 Å². The molecule has 1 aliphatic rings. The summed E-state index contributed by atoms with van der Waals surface area (Å²) in [5.41, 5.74) is 3.96. The van der Waals surface area contributed by atoms with Crippen LogP contribution in [0.3, 0.4) is 0 Å². The molecular formula is C25H23N3O3. The summed E-state index contributed by atoms with van der Waals surface area (Å²) in [7, 11) is 0. The van der Waals surface area contributed by atoms with Crippen molar-refractivity contribution < 1.29 is 14.4 Å². The zero-order valence-corrected chi connectivity index (χ0v) is 17.2. The number of aryl methyl sites for hydroxylation is 1. The molecule has 0 spiro atoms. The standard InChI is InChI=1S/C25H23N3O3/c1-17-9-12-20(26-24(30)18-6-3-2-4-7-18)16-22(17)27-25(31)19-10-13-21(14-11-19)28-15-5-8-23(28)29/h2-4,6-7,9-14,16H,5,8,15H2,1H3,(H,26,30)(H,27,31). The molecular weight excluding hydrogens is 390 g/mol. The Hall–Kier alpha value is -3.93. The van der Waals surface area contributed by atoms with E-state index in [2.05, 4.69) is 10.6 Å². The predicted molar refractivity (Wildman–Crippen MR) is 122 cm³/mol. The first-order valence-corrected chi connectivity index (χ1v) is 10.2. The van der Waals surface area contributed by atoms with Gasteiger partial charge in [-0.25, -0.2) is 0 Å². The molecule has 6 nitrogen and oxygen atoms in total. The molecule has 1 aliphatic heterocycles. The van der Waals surface area contributed by atoms with Crippen LogP contribution in [0.2, 0.25) is 0 Å². The van der Waals surface area contributed by atoms with Crippen LogP contribution in [0, 0.1) is 6.92 Å². The number of nitrogens with zero attached hydrogens (tertiary/aromatic N) is 1. The first-order valence-electron chi connectivity index (χ1n) is 10.2. The van der Waals surface area contributed by atoms with Gasteiger partial charge < -0.3 is 15.5 Å². The fourth-order valence-corrected chi connectivity index (χ4v) is 3.54. The largest absolute Gasteiger partial charge is 0.322 e. The average Bonchev–Trinajstić information content (AvgIpc) is 3.22. The smallest absolute Gasteiger partial charge is 0.255 e. The van der Waals surface area contributed by atoms with Crippen molar-refractivity contribution in [1.29, 1.82) is 0 Å². The Labute approximate surface area is 180 Å². The minimum atomic E-state index is -0.256. The molecule has 0 aliphatic carbocycles. The van der Waals surface area contributed by atoms with E-state index < -0.39 is 0 Å². The second kappa shape index (κ2) is 8.83. The van der Waals surface area contributed by atoms with E-state index in [0.717, 1.165) is 17.7 Å². The number of hydrogen-bond acceptors (Lipinski definition) is 3. The summed E-state index contributed by atoms with van der Waals surface area (Å²) in [6.07, 6.45) is 1.43. The predicted octanol–water partition coefficient (Wildman–Crippen LogP) is 4.63. The van der Waals surface area contributed by atoms with Gasteiger partial charge in [0, 0.05) is 41.2 Å². The van der Waals surface area contributed by atoms with Crippen molar-refractivity contribution >= 4 is 34.8 Å². The summed E-state index contributed by atoms with van der Waals surface area (Å²) in [5, 5.41) is 5.76. The fourth-order valence-electron chi connectivity index (χ4n) is 3.54. The van der Waals surface area contributed by atoms with Gasteiger partial charge in [0.1, 0.15) is 0 Å². The Bertz CT molecular complexity index is 1120. The van der Waals surface area contributed by atoms with E-state index in [1.807, 2.05) is 19.1 Å². The Morgan fingerprint density at radius 2 is 1.52 bits per heavy atom. The number of carbonyl (C=O) groups excluding carboxylic acids is 3. The zero-order valence-electron chi connectivity index (χ0n) is 17.2. The molecule has 0 atom stereocenters. The lowest BCUT2D eigenvalue weighted by Gasteiger charge is -2.16. The summed E-state index contributed by atoms with van der Waals surface area (Å²) < 4.78 is 0. The van der Waals surface area contributed by atoms with Gasteiger partial charge in [0.2, 0.25) is 5.91 Å². The van der Waals surface area contributed by atoms with Gasteiger partial charge in [-0.2, -0.15) is 0 Å². The molecule has 2 N–H and O–H groups in total. The number of nitrogens with one attached hydrogen (secondary N) is 2. The van der Waals surface area contributed by atoms with Crippen LogP contribution < -0.4 is 15.5 Å². The lowest BCUT2D eigenvalue weighted by molar-refractivity contribution is -0.117. The van der Waals surface area contributed by atoms with E-state index in [-0.39, 0.29) is 17.7 Å². The van der Waals surface area contributed by atoms with E-state index in [9.17, 15) is 14.4 Å². The molecule has 3 aromatic rings. The highest BCUT2D eigenvalue weighted by molar-refractivity contribution is 6.07. The van der Waals surface area contributed by atoms with Crippen molar-refractivity contribution in [2.24, 2.45) is 0 Å². The number of amides is 3. The van der Waals surface area contributed by atoms with Gasteiger partial charge in [0.05, 0.1) is 0 Å². The molecule has 156 valence electrons. The van der Waals surface area contributed by atoms with Crippen molar-refractivity contribution in [3.63, 3.8) is 0 Å². The Balaban J connectivity index is 1.46. The third-order valence-corrected chi connectivity index (χ3v) is 5.29. The minimum absolute atomic E-state index is 0.113. The molecule has 0 saturated carbocycles. The van der Waals surface area contributed by atoms with Crippen molar-refractivity contribution in [3.8, 4) is 0 Å². The Morgan fingerprint density at radius 1 is 0.839 bits per heavy atom. The Morgan fingerprint density at radius 3 is 2.19 bits per heavy atom. The molecule has 4 rings (SSSR count). The lowest BCUT2D eigenvalue weighted by Crippen LogP contribution is -2.23. The molecule has 3 aromatic carbocycles. The van der Waals surface area contributed by atoms with Crippen LogP contribution in [0.15, 0.2) is 72.8 Å². The van der Waals surface area contributed by atoms with Crippen LogP contribution in [0.4, 0.5) is 17.1 Å². The van der Waals surface area contributed by atoms with Gasteiger partial charge in [-0.3, -0.25) is 14.4 Å². The number of rotatable bonds is 5. The monoisotopic (exact) mass is 413 g/mol. The van der Waals surface area contributed by atoms with Crippen LogP contribution in [0.5, 0.6) is 0 Å². The number of carbonyl (C=O) groups is 3. The molecule has 1 heterocycles. The molecule has 0 bridgehead atoms. The first kappa shape index (κ1) is 20.3. The van der Waals surface area contributed by atoms with Crippen LogP contribution in [-0.4, -0.2) is 24.3 Å². The Kier molecular flexibility index (Phi) is 5.80. The maximum absolute atomic E-state index is 12.7. The summed E-state index contributed by atoms with van der Waals surface area (Å²) in [5.74, 6) is -0.357. The van der Waals surface area contributed by atoms with Gasteiger partial charge in [-0.05, 0) is 67.4 Å². The molecule has 3 amide bonds. The van der Waals surface area contributed by atoms with Crippen molar-refractivity contribution in [2.75, 3.05) is 22.1 Å². The molecule has 31 heavy (non-hydrogen) atoms. The van der Waals surface area contributed by atoms with E-state index in [1.54, 1.807) is 65.6 Å². The quantitative estimate of drug-likeness (QED) is 0.640. The molecule has 0 radical (unpaired) electrons. The number of anilines is 3. The van der Waals surface area contributed by atoms with E-state index in [1.165, 1.54) is 0 Å². The maximum Gasteiger partial charge on any atom is 0.255 e. The third kappa shape index (κ3) is 4.64. The molecule has 6 heteroatoms. The minimum Gasteiger partial charge on any atom is -0.322 e. The molecule has 0 unspecified atom stereocenters. The number of hydrogen-bond donors (Lipinski definition) is 2. The van der Waals surface area contributed by atoms with Gasteiger partial charge in [0.25, 0.3) is 11.8 Å². The maximum atomic E-state index is 12.7. The lowest BCUT2D eigenvalue weighted by atomic mass is 10.1. The summed E-state index contributed by atoms with van der Waals surface area (Å²) in [4.78, 5) is 38.8. The summed E-state index contributed by atoms with van der Waals surface area (Å²) in [6, 6.07) is 21.4. The van der Waals surface area contributed by atoms with Crippen molar-refractivity contribution in [2.45, 2.75) is 19.8 Å². The second-order valence-electron chi connectivity index (χ2n) is 7.50. The van der Waals surface area contributed by atoms with Crippen molar-refractivity contribution in [3.05, 3.63) is 89.5 Å². The van der Waals surface area contributed by atoms with Crippen LogP contribution >= 0.6 is 0 Å². The summed E-state index contributed by atoms with van der Waals surface area (Å²) in [6.45, 7) is 2.60. The van der Waals surface area contributed by atoms with Gasteiger partial charge >= 0.3 is 0 Å². The van der Waals surface area contributed by atoms with E-state index in [4.69, 9.17) is 0 Å². The summed E-state index contributed by atoms with van der Waals surface area (Å²) >= 11 is 0. The molecule has 1 saturated heterocycles. The number of benzene rings is 3. The molecule has 1 fully saturated rings. The normalized spacial score (nSPS) is 13.2. The second-order valence-corrected chi connectivity index (χ2v) is 7.50. The van der Waals surface area contributed by atoms with E-state index >= 15 is 0 Å². The topological polar surface area (TPSA) is 78.5 Å². The average molecular weight is 413 g/mol. The van der Waals surface area contributed by atoms with Crippen LogP contribution in [-0.2, 0) is 4.79 Å². The third-order valence-electron chi connectivity index (χ3n) is 5.29. The first-order chi connectivity index (χ1) is 15.0. The highest BCUT2D eigenvalue weighted by Crippen LogP contribution is 2.24. The van der Waals surface area contributed by atoms with E-state index in [0.29, 0.717) is 35.5 Å². The SMILES string of the molecule is Cc1ccc(NC(=O)c2ccccc2)cc1NC(=O)c1ccc(N2CCCC2=O)cc1.